The molecule has 0 aliphatic heterocycles. The van der Waals surface area contributed by atoms with E-state index in [9.17, 15) is 5.26 Å². The minimum absolute atomic E-state index is 0.364. The van der Waals surface area contributed by atoms with Gasteiger partial charge in [-0.1, -0.05) is 103 Å². The lowest BCUT2D eigenvalue weighted by Gasteiger charge is -2.10. The monoisotopic (exact) mass is 611 g/mol. The number of aromatic nitrogens is 4. The maximum Gasteiger partial charge on any atom is 0.236 e. The standard InChI is InChI=1S/C43H25N5/c44-26-36-34-16-6-8-18-35(34)45-43(46-36)48-37-19-9-7-15-32(37)33-23-21-28(25-40(33)48)31-17-10-20-38-42(31)41-30-14-5-4-11-27(30)22-24-39(41)47(38)29-12-2-1-3-13-29/h1-25H. The average molecular weight is 612 g/mol. The SMILES string of the molecule is N#Cc1nc(-n2c3ccccc3c3ccc(-c4cccc5c4c4c6ccccc6ccc4n5-c4ccccc4)cc32)nc2ccccc12. The molecule has 0 bridgehead atoms. The van der Waals surface area contributed by atoms with Crippen LogP contribution in [-0.4, -0.2) is 19.1 Å². The Labute approximate surface area is 275 Å². The smallest absolute Gasteiger partial charge is 0.236 e. The molecule has 3 aromatic heterocycles. The zero-order valence-electron chi connectivity index (χ0n) is 25.7. The summed E-state index contributed by atoms with van der Waals surface area (Å²) in [7, 11) is 0. The van der Waals surface area contributed by atoms with Gasteiger partial charge < -0.3 is 4.57 Å². The second-order valence-corrected chi connectivity index (χ2v) is 12.1. The number of nitrogens with zero attached hydrogens (tertiary/aromatic N) is 5. The first kappa shape index (κ1) is 26.4. The Bertz CT molecular complexity index is 2960. The van der Waals surface area contributed by atoms with E-state index in [1.807, 2.05) is 30.3 Å². The maximum absolute atomic E-state index is 10.1. The van der Waals surface area contributed by atoms with Crippen LogP contribution in [-0.2, 0) is 0 Å². The van der Waals surface area contributed by atoms with Crippen molar-refractivity contribution in [2.45, 2.75) is 0 Å². The highest BCUT2D eigenvalue weighted by Gasteiger charge is 2.21. The molecule has 0 saturated carbocycles. The second kappa shape index (κ2) is 10.1. The van der Waals surface area contributed by atoms with E-state index in [2.05, 4.69) is 137 Å². The third-order valence-electron chi connectivity index (χ3n) is 9.58. The zero-order chi connectivity index (χ0) is 31.8. The quantitative estimate of drug-likeness (QED) is 0.200. The van der Waals surface area contributed by atoms with Crippen LogP contribution in [0.3, 0.4) is 0 Å². The van der Waals surface area contributed by atoms with Gasteiger partial charge in [0.15, 0.2) is 5.69 Å². The van der Waals surface area contributed by atoms with Crippen LogP contribution in [0.2, 0.25) is 0 Å². The molecular formula is C43H25N5. The average Bonchev–Trinajstić information content (AvgIpc) is 3.67. The van der Waals surface area contributed by atoms with Crippen LogP contribution >= 0.6 is 0 Å². The predicted octanol–water partition coefficient (Wildman–Crippen LogP) is 10.5. The van der Waals surface area contributed by atoms with E-state index < -0.39 is 0 Å². The summed E-state index contributed by atoms with van der Waals surface area (Å²) >= 11 is 0. The molecule has 0 N–H and O–H groups in total. The van der Waals surface area contributed by atoms with Crippen molar-refractivity contribution in [1.29, 1.82) is 5.26 Å². The van der Waals surface area contributed by atoms with Crippen molar-refractivity contribution >= 4 is 65.3 Å². The fourth-order valence-corrected chi connectivity index (χ4v) is 7.53. The Kier molecular flexibility index (Phi) is 5.57. The molecule has 10 rings (SSSR count). The fourth-order valence-electron chi connectivity index (χ4n) is 7.53. The number of para-hydroxylation sites is 3. The summed E-state index contributed by atoms with van der Waals surface area (Å²) in [6.07, 6.45) is 0. The number of hydrogen-bond donors (Lipinski definition) is 0. The molecule has 5 nitrogen and oxygen atoms in total. The van der Waals surface area contributed by atoms with Gasteiger partial charge in [0, 0.05) is 32.6 Å². The van der Waals surface area contributed by atoms with Gasteiger partial charge in [-0.05, 0) is 70.4 Å². The number of nitriles is 1. The first-order valence-corrected chi connectivity index (χ1v) is 16.0. The van der Waals surface area contributed by atoms with Crippen molar-refractivity contribution in [3.63, 3.8) is 0 Å². The largest absolute Gasteiger partial charge is 0.309 e. The molecule has 10 aromatic rings. The topological polar surface area (TPSA) is 59.4 Å². The van der Waals surface area contributed by atoms with Crippen molar-refractivity contribution in [2.24, 2.45) is 0 Å². The molecule has 0 saturated heterocycles. The Morgan fingerprint density at radius 2 is 1.19 bits per heavy atom. The number of hydrogen-bond acceptors (Lipinski definition) is 3. The van der Waals surface area contributed by atoms with Crippen LogP contribution in [0.25, 0.3) is 88.0 Å². The van der Waals surface area contributed by atoms with Crippen molar-refractivity contribution in [1.82, 2.24) is 19.1 Å². The summed E-state index contributed by atoms with van der Waals surface area (Å²) in [6, 6.07) is 55.4. The highest BCUT2D eigenvalue weighted by atomic mass is 15.2. The van der Waals surface area contributed by atoms with Crippen LogP contribution in [0, 0.1) is 11.3 Å². The lowest BCUT2D eigenvalue weighted by molar-refractivity contribution is 1.00. The molecule has 222 valence electrons. The second-order valence-electron chi connectivity index (χ2n) is 12.1. The molecule has 3 heterocycles. The van der Waals surface area contributed by atoms with Gasteiger partial charge in [0.1, 0.15) is 6.07 Å². The molecule has 0 amide bonds. The zero-order valence-corrected chi connectivity index (χ0v) is 25.7. The van der Waals surface area contributed by atoms with E-state index in [1.54, 1.807) is 0 Å². The van der Waals surface area contributed by atoms with Crippen LogP contribution in [0.5, 0.6) is 0 Å². The number of benzene rings is 7. The molecule has 0 radical (unpaired) electrons. The van der Waals surface area contributed by atoms with Crippen molar-refractivity contribution < 1.29 is 0 Å². The highest BCUT2D eigenvalue weighted by Crippen LogP contribution is 2.43. The first-order valence-electron chi connectivity index (χ1n) is 16.0. The predicted molar refractivity (Wildman–Crippen MR) is 196 cm³/mol. The summed E-state index contributed by atoms with van der Waals surface area (Å²) in [4.78, 5) is 9.80. The fraction of sp³-hybridized carbons (Fsp3) is 0. The van der Waals surface area contributed by atoms with Crippen LogP contribution < -0.4 is 0 Å². The van der Waals surface area contributed by atoms with Gasteiger partial charge in [-0.2, -0.15) is 5.26 Å². The van der Waals surface area contributed by atoms with E-state index in [0.717, 1.165) is 55.0 Å². The van der Waals surface area contributed by atoms with E-state index in [4.69, 9.17) is 9.97 Å². The number of fused-ring (bicyclic) bond motifs is 9. The van der Waals surface area contributed by atoms with Crippen molar-refractivity contribution in [2.75, 3.05) is 0 Å². The number of rotatable bonds is 3. The summed E-state index contributed by atoms with van der Waals surface area (Å²) in [5, 5.41) is 17.9. The molecule has 7 aromatic carbocycles. The molecule has 0 aliphatic carbocycles. The Morgan fingerprint density at radius 1 is 0.479 bits per heavy atom. The minimum atomic E-state index is 0.364. The maximum atomic E-state index is 10.1. The molecule has 0 unspecified atom stereocenters. The van der Waals surface area contributed by atoms with Crippen LogP contribution in [0.1, 0.15) is 5.69 Å². The Morgan fingerprint density at radius 3 is 2.06 bits per heavy atom. The van der Waals surface area contributed by atoms with Gasteiger partial charge >= 0.3 is 0 Å². The van der Waals surface area contributed by atoms with Crippen molar-refractivity contribution in [3.05, 3.63) is 157 Å². The van der Waals surface area contributed by atoms with E-state index in [0.29, 0.717) is 11.6 Å². The van der Waals surface area contributed by atoms with E-state index in [-0.39, 0.29) is 0 Å². The molecule has 0 spiro atoms. The third-order valence-corrected chi connectivity index (χ3v) is 9.58. The van der Waals surface area contributed by atoms with Crippen LogP contribution in [0.15, 0.2) is 152 Å². The summed E-state index contributed by atoms with van der Waals surface area (Å²) < 4.78 is 4.48. The summed E-state index contributed by atoms with van der Waals surface area (Å²) in [5.41, 5.74) is 8.79. The Hall–Kier alpha value is -6.77. The third kappa shape index (κ3) is 3.72. The normalized spacial score (nSPS) is 11.7. The molecule has 0 atom stereocenters. The minimum Gasteiger partial charge on any atom is -0.309 e. The van der Waals surface area contributed by atoms with E-state index >= 15 is 0 Å². The molecule has 0 aliphatic rings. The van der Waals surface area contributed by atoms with E-state index in [1.165, 1.54) is 27.1 Å². The highest BCUT2D eigenvalue weighted by molar-refractivity contribution is 6.25. The van der Waals surface area contributed by atoms with Crippen molar-refractivity contribution in [3.8, 4) is 28.8 Å². The van der Waals surface area contributed by atoms with Gasteiger partial charge in [-0.15, -0.1) is 0 Å². The van der Waals surface area contributed by atoms with Crippen LogP contribution in [0.4, 0.5) is 0 Å². The Balaban J connectivity index is 1.32. The lowest BCUT2D eigenvalue weighted by atomic mass is 9.96. The molecule has 5 heteroatoms. The molecule has 48 heavy (non-hydrogen) atoms. The van der Waals surface area contributed by atoms with Gasteiger partial charge in [0.25, 0.3) is 0 Å². The molecule has 0 fully saturated rings. The van der Waals surface area contributed by atoms with Gasteiger partial charge in [-0.3, -0.25) is 4.57 Å². The molecular weight excluding hydrogens is 587 g/mol. The summed E-state index contributed by atoms with van der Waals surface area (Å²) in [6.45, 7) is 0. The lowest BCUT2D eigenvalue weighted by Crippen LogP contribution is -2.03. The first-order chi connectivity index (χ1) is 23.8. The van der Waals surface area contributed by atoms with Gasteiger partial charge in [0.05, 0.1) is 27.6 Å². The summed E-state index contributed by atoms with van der Waals surface area (Å²) in [5.74, 6) is 0.485. The van der Waals surface area contributed by atoms with Gasteiger partial charge in [0.2, 0.25) is 5.95 Å². The van der Waals surface area contributed by atoms with Gasteiger partial charge in [-0.25, -0.2) is 9.97 Å².